The molecule has 0 saturated carbocycles. The quantitative estimate of drug-likeness (QED) is 0.241. The zero-order valence-corrected chi connectivity index (χ0v) is 19.6. The Labute approximate surface area is 202 Å². The molecule has 7 heteroatoms. The van der Waals surface area contributed by atoms with Crippen molar-refractivity contribution in [1.82, 2.24) is 14.8 Å². The topological polar surface area (TPSA) is 57.0 Å². The number of fused-ring (bicyclic) bond motifs is 1. The Balaban J connectivity index is 1.37. The molecule has 3 aromatic carbocycles. The highest BCUT2D eigenvalue weighted by molar-refractivity contribution is 7.99. The number of halogens is 1. The molecule has 34 heavy (non-hydrogen) atoms. The van der Waals surface area contributed by atoms with Crippen LogP contribution in [0.25, 0.3) is 5.69 Å². The predicted molar refractivity (Wildman–Crippen MR) is 130 cm³/mol. The summed E-state index contributed by atoms with van der Waals surface area (Å²) in [6.07, 6.45) is 3.28. The van der Waals surface area contributed by atoms with Gasteiger partial charge in [-0.15, -0.1) is 10.2 Å². The Morgan fingerprint density at radius 2 is 1.76 bits per heavy atom. The molecular formula is C27H24FN3O2S. The number of benzene rings is 3. The smallest absolute Gasteiger partial charge is 0.196 e. The fourth-order valence-corrected chi connectivity index (χ4v) is 5.17. The molecule has 0 aliphatic heterocycles. The Bertz CT molecular complexity index is 1320. The van der Waals surface area contributed by atoms with Gasteiger partial charge in [0.1, 0.15) is 18.2 Å². The number of carbonyl (C=O) groups excluding carboxylic acids is 1. The summed E-state index contributed by atoms with van der Waals surface area (Å²) in [5.41, 5.74) is 5.38. The Morgan fingerprint density at radius 3 is 2.56 bits per heavy atom. The van der Waals surface area contributed by atoms with Gasteiger partial charge in [0, 0.05) is 11.3 Å². The van der Waals surface area contributed by atoms with Crippen molar-refractivity contribution in [1.29, 1.82) is 0 Å². The average Bonchev–Trinajstić information content (AvgIpc) is 3.51. The van der Waals surface area contributed by atoms with E-state index in [1.54, 1.807) is 0 Å². The number of hydrogen-bond donors (Lipinski definition) is 0. The van der Waals surface area contributed by atoms with Gasteiger partial charge in [-0.3, -0.25) is 9.36 Å². The van der Waals surface area contributed by atoms with Gasteiger partial charge in [-0.1, -0.05) is 36.0 Å². The second-order valence-electron chi connectivity index (χ2n) is 8.27. The molecule has 0 amide bonds. The molecule has 5 nitrogen and oxygen atoms in total. The SMILES string of the molecule is Cc1ccc(OCc2nnc(SCC(=O)c3ccc(F)cc3)n2-c2ccccc2)c2c1CCC2. The monoisotopic (exact) mass is 473 g/mol. The van der Waals surface area contributed by atoms with E-state index in [2.05, 4.69) is 23.2 Å². The largest absolute Gasteiger partial charge is 0.485 e. The lowest BCUT2D eigenvalue weighted by molar-refractivity contribution is 0.102. The number of rotatable bonds is 8. The summed E-state index contributed by atoms with van der Waals surface area (Å²) in [6.45, 7) is 2.42. The first-order valence-corrected chi connectivity index (χ1v) is 12.2. The van der Waals surface area contributed by atoms with Crippen LogP contribution in [0.4, 0.5) is 4.39 Å². The third kappa shape index (κ3) is 4.61. The van der Waals surface area contributed by atoms with E-state index in [9.17, 15) is 9.18 Å². The van der Waals surface area contributed by atoms with E-state index >= 15 is 0 Å². The number of aryl methyl sites for hydroxylation is 1. The van der Waals surface area contributed by atoms with Crippen LogP contribution >= 0.6 is 11.8 Å². The second kappa shape index (κ2) is 9.81. The molecule has 0 spiro atoms. The zero-order chi connectivity index (χ0) is 23.5. The Kier molecular flexibility index (Phi) is 6.45. The van der Waals surface area contributed by atoms with Crippen molar-refractivity contribution >= 4 is 17.5 Å². The van der Waals surface area contributed by atoms with Crippen LogP contribution in [0.15, 0.2) is 71.9 Å². The minimum absolute atomic E-state index is 0.0966. The number of aromatic nitrogens is 3. The average molecular weight is 474 g/mol. The van der Waals surface area contributed by atoms with Crippen LogP contribution < -0.4 is 4.74 Å². The molecule has 1 aromatic heterocycles. The molecule has 1 heterocycles. The van der Waals surface area contributed by atoms with E-state index in [4.69, 9.17) is 4.74 Å². The van der Waals surface area contributed by atoms with Crippen LogP contribution in [0.3, 0.4) is 0 Å². The molecule has 1 aliphatic rings. The fourth-order valence-electron chi connectivity index (χ4n) is 4.30. The molecule has 4 aromatic rings. The van der Waals surface area contributed by atoms with Crippen LogP contribution in [0, 0.1) is 12.7 Å². The maximum absolute atomic E-state index is 13.2. The second-order valence-corrected chi connectivity index (χ2v) is 9.21. The number of Topliss-reactive ketones (excluding diaryl/α,β-unsaturated/α-hetero) is 1. The predicted octanol–water partition coefficient (Wildman–Crippen LogP) is 5.76. The molecule has 1 aliphatic carbocycles. The molecule has 5 rings (SSSR count). The molecule has 0 bridgehead atoms. The first-order valence-electron chi connectivity index (χ1n) is 11.3. The molecular weight excluding hydrogens is 449 g/mol. The summed E-state index contributed by atoms with van der Waals surface area (Å²) in [5, 5.41) is 9.35. The number of thioether (sulfide) groups is 1. The minimum atomic E-state index is -0.364. The number of carbonyl (C=O) groups is 1. The number of ketones is 1. The third-order valence-electron chi connectivity index (χ3n) is 6.05. The van der Waals surface area contributed by atoms with Crippen LogP contribution in [-0.2, 0) is 19.4 Å². The highest BCUT2D eigenvalue weighted by Gasteiger charge is 2.20. The molecule has 0 N–H and O–H groups in total. The van der Waals surface area contributed by atoms with E-state index < -0.39 is 0 Å². The summed E-state index contributed by atoms with van der Waals surface area (Å²) < 4.78 is 21.3. The van der Waals surface area contributed by atoms with Gasteiger partial charge in [-0.25, -0.2) is 4.39 Å². The zero-order valence-electron chi connectivity index (χ0n) is 18.8. The van der Waals surface area contributed by atoms with Crippen molar-refractivity contribution in [3.63, 3.8) is 0 Å². The normalized spacial score (nSPS) is 12.5. The summed E-state index contributed by atoms with van der Waals surface area (Å²) >= 11 is 1.30. The van der Waals surface area contributed by atoms with E-state index in [1.165, 1.54) is 52.7 Å². The van der Waals surface area contributed by atoms with Crippen LogP contribution in [0.1, 0.15) is 39.3 Å². The van der Waals surface area contributed by atoms with Gasteiger partial charge in [-0.2, -0.15) is 0 Å². The lowest BCUT2D eigenvalue weighted by Crippen LogP contribution is -2.09. The van der Waals surface area contributed by atoms with Gasteiger partial charge in [0.25, 0.3) is 0 Å². The van der Waals surface area contributed by atoms with E-state index in [0.29, 0.717) is 16.5 Å². The molecule has 0 fully saturated rings. The molecule has 0 saturated heterocycles. The molecule has 0 radical (unpaired) electrons. The van der Waals surface area contributed by atoms with Crippen molar-refractivity contribution in [3.8, 4) is 11.4 Å². The number of nitrogens with zero attached hydrogens (tertiary/aromatic N) is 3. The highest BCUT2D eigenvalue weighted by atomic mass is 32.2. The highest BCUT2D eigenvalue weighted by Crippen LogP contribution is 2.33. The summed E-state index contributed by atoms with van der Waals surface area (Å²) in [7, 11) is 0. The van der Waals surface area contributed by atoms with E-state index in [1.807, 2.05) is 41.0 Å². The summed E-state index contributed by atoms with van der Waals surface area (Å²) in [6, 6.07) is 19.5. The van der Waals surface area contributed by atoms with E-state index in [0.717, 1.165) is 30.7 Å². The summed E-state index contributed by atoms with van der Waals surface area (Å²) in [4.78, 5) is 12.6. The fraction of sp³-hybridized carbons (Fsp3) is 0.222. The van der Waals surface area contributed by atoms with Gasteiger partial charge >= 0.3 is 0 Å². The third-order valence-corrected chi connectivity index (χ3v) is 6.98. The van der Waals surface area contributed by atoms with Crippen LogP contribution in [0.2, 0.25) is 0 Å². The van der Waals surface area contributed by atoms with E-state index in [-0.39, 0.29) is 24.0 Å². The first-order chi connectivity index (χ1) is 16.6. The van der Waals surface area contributed by atoms with Crippen molar-refractivity contribution < 1.29 is 13.9 Å². The van der Waals surface area contributed by atoms with Gasteiger partial charge < -0.3 is 4.74 Å². The first kappa shape index (κ1) is 22.3. The van der Waals surface area contributed by atoms with Crippen LogP contribution in [0.5, 0.6) is 5.75 Å². The molecule has 172 valence electrons. The lowest BCUT2D eigenvalue weighted by Gasteiger charge is -2.14. The summed E-state index contributed by atoms with van der Waals surface area (Å²) in [5.74, 6) is 1.28. The number of ether oxygens (including phenoxy) is 1. The standard InChI is InChI=1S/C27H24FN3O2S/c1-18-10-15-25(23-9-5-8-22(18)23)33-16-26-29-30-27(31(26)21-6-3-2-4-7-21)34-17-24(32)19-11-13-20(28)14-12-19/h2-4,6-7,10-15H,5,8-9,16-17H2,1H3. The van der Waals surface area contributed by atoms with Crippen molar-refractivity contribution in [2.45, 2.75) is 37.9 Å². The van der Waals surface area contributed by atoms with Gasteiger partial charge in [0.05, 0.1) is 5.75 Å². The van der Waals surface area contributed by atoms with Gasteiger partial charge in [-0.05, 0) is 85.3 Å². The Hall–Kier alpha value is -3.45. The van der Waals surface area contributed by atoms with Crippen molar-refractivity contribution in [2.24, 2.45) is 0 Å². The van der Waals surface area contributed by atoms with Crippen molar-refractivity contribution in [3.05, 3.63) is 101 Å². The van der Waals surface area contributed by atoms with Gasteiger partial charge in [0.15, 0.2) is 16.8 Å². The van der Waals surface area contributed by atoms with Gasteiger partial charge in [0.2, 0.25) is 0 Å². The Morgan fingerprint density at radius 1 is 1.00 bits per heavy atom. The molecule has 0 unspecified atom stereocenters. The lowest BCUT2D eigenvalue weighted by atomic mass is 10.0. The number of hydrogen-bond acceptors (Lipinski definition) is 5. The number of para-hydroxylation sites is 1. The van der Waals surface area contributed by atoms with Crippen molar-refractivity contribution in [2.75, 3.05) is 5.75 Å². The maximum atomic E-state index is 13.2. The maximum Gasteiger partial charge on any atom is 0.196 e. The molecule has 0 atom stereocenters. The van der Waals surface area contributed by atoms with Crippen LogP contribution in [-0.4, -0.2) is 26.3 Å². The minimum Gasteiger partial charge on any atom is -0.485 e.